The number of carbonyl (C=O) groups is 1. The van der Waals surface area contributed by atoms with Gasteiger partial charge in [-0.25, -0.2) is 0 Å². The molecule has 0 aromatic carbocycles. The van der Waals surface area contributed by atoms with Gasteiger partial charge in [-0.05, 0) is 50.9 Å². The van der Waals surface area contributed by atoms with Crippen molar-refractivity contribution in [2.45, 2.75) is 71.3 Å². The lowest BCUT2D eigenvalue weighted by molar-refractivity contribution is -0.131. The highest BCUT2D eigenvalue weighted by molar-refractivity contribution is 5.76. The van der Waals surface area contributed by atoms with E-state index >= 15 is 0 Å². The van der Waals surface area contributed by atoms with Crippen LogP contribution in [0.1, 0.15) is 65.2 Å². The lowest BCUT2D eigenvalue weighted by Gasteiger charge is -2.27. The Labute approximate surface area is 112 Å². The Bertz CT molecular complexity index is 229. The molecule has 1 aliphatic rings. The molecule has 1 fully saturated rings. The average molecular weight is 254 g/mol. The van der Waals surface area contributed by atoms with Crippen LogP contribution in [0, 0.1) is 5.92 Å². The molecular formula is C15H30N2O. The van der Waals surface area contributed by atoms with Gasteiger partial charge in [-0.15, -0.1) is 0 Å². The SMILES string of the molecule is CCCN(CCC)C(=O)CCC1CCC(N)CC1. The first-order chi connectivity index (χ1) is 8.67. The van der Waals surface area contributed by atoms with Gasteiger partial charge in [0.05, 0.1) is 0 Å². The second kappa shape index (κ2) is 8.52. The zero-order valence-electron chi connectivity index (χ0n) is 12.2. The van der Waals surface area contributed by atoms with E-state index in [1.54, 1.807) is 0 Å². The van der Waals surface area contributed by atoms with Gasteiger partial charge in [0.15, 0.2) is 0 Å². The topological polar surface area (TPSA) is 46.3 Å². The summed E-state index contributed by atoms with van der Waals surface area (Å²) in [6.07, 6.45) is 8.65. The summed E-state index contributed by atoms with van der Waals surface area (Å²) in [5, 5.41) is 0. The van der Waals surface area contributed by atoms with Crippen molar-refractivity contribution in [2.75, 3.05) is 13.1 Å². The normalized spacial score (nSPS) is 23.9. The van der Waals surface area contributed by atoms with Crippen LogP contribution < -0.4 is 5.73 Å². The van der Waals surface area contributed by atoms with Crippen LogP contribution in [0.25, 0.3) is 0 Å². The molecule has 0 saturated heterocycles. The summed E-state index contributed by atoms with van der Waals surface area (Å²) in [7, 11) is 0. The van der Waals surface area contributed by atoms with Gasteiger partial charge in [0.25, 0.3) is 0 Å². The second-order valence-electron chi connectivity index (χ2n) is 5.70. The highest BCUT2D eigenvalue weighted by atomic mass is 16.2. The second-order valence-corrected chi connectivity index (χ2v) is 5.70. The van der Waals surface area contributed by atoms with E-state index < -0.39 is 0 Å². The van der Waals surface area contributed by atoms with Crippen LogP contribution >= 0.6 is 0 Å². The summed E-state index contributed by atoms with van der Waals surface area (Å²) in [5.41, 5.74) is 5.91. The molecule has 0 aromatic rings. The Morgan fingerprint density at radius 3 is 2.17 bits per heavy atom. The Kier molecular flexibility index (Phi) is 7.33. The molecule has 1 amide bonds. The minimum Gasteiger partial charge on any atom is -0.343 e. The molecule has 0 heterocycles. The van der Waals surface area contributed by atoms with Crippen molar-refractivity contribution < 1.29 is 4.79 Å². The lowest BCUT2D eigenvalue weighted by atomic mass is 9.84. The maximum atomic E-state index is 12.1. The van der Waals surface area contributed by atoms with Crippen molar-refractivity contribution in [3.05, 3.63) is 0 Å². The number of hydrogen-bond donors (Lipinski definition) is 1. The van der Waals surface area contributed by atoms with Crippen LogP contribution in [0.4, 0.5) is 0 Å². The Morgan fingerprint density at radius 1 is 1.11 bits per heavy atom. The van der Waals surface area contributed by atoms with Crippen molar-refractivity contribution in [2.24, 2.45) is 11.7 Å². The summed E-state index contributed by atoms with van der Waals surface area (Å²) in [6.45, 7) is 6.11. The summed E-state index contributed by atoms with van der Waals surface area (Å²) in [5.74, 6) is 1.09. The van der Waals surface area contributed by atoms with Crippen molar-refractivity contribution in [1.29, 1.82) is 0 Å². The number of carbonyl (C=O) groups excluding carboxylic acids is 1. The number of hydrogen-bond acceptors (Lipinski definition) is 2. The van der Waals surface area contributed by atoms with E-state index in [1.807, 2.05) is 4.90 Å². The predicted octanol–water partition coefficient (Wildman–Crippen LogP) is 2.93. The first-order valence-electron chi connectivity index (χ1n) is 7.70. The van der Waals surface area contributed by atoms with Gasteiger partial charge in [0, 0.05) is 25.6 Å². The van der Waals surface area contributed by atoms with Crippen LogP contribution in [0.2, 0.25) is 0 Å². The largest absolute Gasteiger partial charge is 0.343 e. The van der Waals surface area contributed by atoms with Gasteiger partial charge in [-0.1, -0.05) is 13.8 Å². The van der Waals surface area contributed by atoms with E-state index in [9.17, 15) is 4.79 Å². The van der Waals surface area contributed by atoms with E-state index in [2.05, 4.69) is 13.8 Å². The van der Waals surface area contributed by atoms with Crippen molar-refractivity contribution in [3.63, 3.8) is 0 Å². The molecule has 106 valence electrons. The van der Waals surface area contributed by atoms with Crippen LogP contribution in [0.5, 0.6) is 0 Å². The van der Waals surface area contributed by atoms with Gasteiger partial charge in [0.2, 0.25) is 5.91 Å². The number of nitrogens with two attached hydrogens (primary N) is 1. The smallest absolute Gasteiger partial charge is 0.222 e. The molecule has 2 N–H and O–H groups in total. The third-order valence-corrected chi connectivity index (χ3v) is 4.00. The molecule has 18 heavy (non-hydrogen) atoms. The summed E-state index contributed by atoms with van der Waals surface area (Å²) < 4.78 is 0. The zero-order valence-corrected chi connectivity index (χ0v) is 12.2. The van der Waals surface area contributed by atoms with E-state index in [0.29, 0.717) is 11.9 Å². The quantitative estimate of drug-likeness (QED) is 0.759. The Morgan fingerprint density at radius 2 is 1.67 bits per heavy atom. The molecule has 0 aliphatic heterocycles. The molecule has 0 spiro atoms. The molecule has 1 aliphatic carbocycles. The standard InChI is InChI=1S/C15H30N2O/c1-3-11-17(12-4-2)15(18)10-7-13-5-8-14(16)9-6-13/h13-14H,3-12,16H2,1-2H3. The number of amides is 1. The molecule has 0 unspecified atom stereocenters. The third kappa shape index (κ3) is 5.38. The van der Waals surface area contributed by atoms with E-state index in [4.69, 9.17) is 5.73 Å². The molecular weight excluding hydrogens is 224 g/mol. The molecule has 0 aromatic heterocycles. The molecule has 1 saturated carbocycles. The fourth-order valence-electron chi connectivity index (χ4n) is 2.86. The summed E-state index contributed by atoms with van der Waals surface area (Å²) in [4.78, 5) is 14.2. The van der Waals surface area contributed by atoms with Crippen LogP contribution in [-0.4, -0.2) is 29.9 Å². The van der Waals surface area contributed by atoms with Gasteiger partial charge in [0.1, 0.15) is 0 Å². The summed E-state index contributed by atoms with van der Waals surface area (Å²) >= 11 is 0. The third-order valence-electron chi connectivity index (χ3n) is 4.00. The average Bonchev–Trinajstić information content (AvgIpc) is 2.37. The van der Waals surface area contributed by atoms with E-state index in [0.717, 1.165) is 57.5 Å². The fraction of sp³-hybridized carbons (Fsp3) is 0.933. The maximum absolute atomic E-state index is 12.1. The Hall–Kier alpha value is -0.570. The maximum Gasteiger partial charge on any atom is 0.222 e. The molecule has 0 atom stereocenters. The van der Waals surface area contributed by atoms with Crippen molar-refractivity contribution in [3.8, 4) is 0 Å². The van der Waals surface area contributed by atoms with Gasteiger partial charge < -0.3 is 10.6 Å². The van der Waals surface area contributed by atoms with Crippen molar-refractivity contribution in [1.82, 2.24) is 4.90 Å². The lowest BCUT2D eigenvalue weighted by Crippen LogP contribution is -2.33. The highest BCUT2D eigenvalue weighted by Crippen LogP contribution is 2.27. The van der Waals surface area contributed by atoms with E-state index in [1.165, 1.54) is 12.8 Å². The van der Waals surface area contributed by atoms with Crippen LogP contribution in [0.15, 0.2) is 0 Å². The molecule has 3 nitrogen and oxygen atoms in total. The zero-order chi connectivity index (χ0) is 13.4. The monoisotopic (exact) mass is 254 g/mol. The molecule has 0 radical (unpaired) electrons. The number of rotatable bonds is 7. The van der Waals surface area contributed by atoms with Crippen LogP contribution in [0.3, 0.4) is 0 Å². The first kappa shape index (κ1) is 15.5. The minimum absolute atomic E-state index is 0.355. The Balaban J connectivity index is 2.25. The molecule has 1 rings (SSSR count). The summed E-state index contributed by atoms with van der Waals surface area (Å²) in [6, 6.07) is 0.411. The molecule has 0 bridgehead atoms. The predicted molar refractivity (Wildman–Crippen MR) is 76.3 cm³/mol. The van der Waals surface area contributed by atoms with Gasteiger partial charge in [-0.3, -0.25) is 4.79 Å². The fourth-order valence-corrected chi connectivity index (χ4v) is 2.86. The first-order valence-corrected chi connectivity index (χ1v) is 7.70. The highest BCUT2D eigenvalue weighted by Gasteiger charge is 2.20. The van der Waals surface area contributed by atoms with Gasteiger partial charge >= 0.3 is 0 Å². The number of nitrogens with zero attached hydrogens (tertiary/aromatic N) is 1. The van der Waals surface area contributed by atoms with Gasteiger partial charge in [-0.2, -0.15) is 0 Å². The minimum atomic E-state index is 0.355. The van der Waals surface area contributed by atoms with Crippen molar-refractivity contribution >= 4 is 5.91 Å². The molecule has 3 heteroatoms. The van der Waals surface area contributed by atoms with E-state index in [-0.39, 0.29) is 0 Å². The van der Waals surface area contributed by atoms with Crippen LogP contribution in [-0.2, 0) is 4.79 Å².